The fraction of sp³-hybridized carbons (Fsp3) is 0.0588. The summed E-state index contributed by atoms with van der Waals surface area (Å²) in [5.74, 6) is 0. The zero-order chi connectivity index (χ0) is 12.8. The topological polar surface area (TPSA) is 15.8 Å². The number of nitrogens with one attached hydrogen (secondary N) is 1. The van der Waals surface area contributed by atoms with Gasteiger partial charge in [-0.1, -0.05) is 41.9 Å². The molecule has 0 radical (unpaired) electrons. The van der Waals surface area contributed by atoms with E-state index in [1.165, 1.54) is 27.8 Å². The van der Waals surface area contributed by atoms with Gasteiger partial charge in [0.1, 0.15) is 0 Å². The van der Waals surface area contributed by atoms with Crippen molar-refractivity contribution in [2.75, 3.05) is 0 Å². The fourth-order valence-electron chi connectivity index (χ4n) is 2.73. The number of H-pyrrole nitrogens is 1. The molecule has 2 heteroatoms. The van der Waals surface area contributed by atoms with Gasteiger partial charge >= 0.3 is 0 Å². The highest BCUT2D eigenvalue weighted by Gasteiger charge is 2.15. The summed E-state index contributed by atoms with van der Waals surface area (Å²) >= 11 is 6.03. The molecule has 0 bridgehead atoms. The Morgan fingerprint density at radius 2 is 1.89 bits per heavy atom. The molecule has 1 aliphatic carbocycles. The van der Waals surface area contributed by atoms with Crippen molar-refractivity contribution in [3.63, 3.8) is 0 Å². The summed E-state index contributed by atoms with van der Waals surface area (Å²) in [6.07, 6.45) is 3.26. The van der Waals surface area contributed by atoms with Crippen LogP contribution in [0.1, 0.15) is 16.8 Å². The molecule has 4 rings (SSSR count). The van der Waals surface area contributed by atoms with Gasteiger partial charge in [-0.15, -0.1) is 0 Å². The Morgan fingerprint density at radius 1 is 1.00 bits per heavy atom. The Labute approximate surface area is 116 Å². The first-order chi connectivity index (χ1) is 9.29. The predicted molar refractivity (Wildman–Crippen MR) is 81.3 cm³/mol. The molecule has 0 saturated carbocycles. The standard InChI is InChI=1S/C17H12ClN/c18-15-6-5-13-9-16(19-17(13)10-15)14-7-11-3-1-2-4-12(11)8-14/h1-7,9-10,19H,8H2. The highest BCUT2D eigenvalue weighted by molar-refractivity contribution is 6.31. The van der Waals surface area contributed by atoms with Gasteiger partial charge in [0.25, 0.3) is 0 Å². The largest absolute Gasteiger partial charge is 0.355 e. The summed E-state index contributed by atoms with van der Waals surface area (Å²) in [7, 11) is 0. The molecule has 1 heterocycles. The van der Waals surface area contributed by atoms with E-state index in [0.29, 0.717) is 0 Å². The lowest BCUT2D eigenvalue weighted by Crippen LogP contribution is -1.84. The second-order valence-electron chi connectivity index (χ2n) is 4.96. The van der Waals surface area contributed by atoms with Crippen LogP contribution in [0.3, 0.4) is 0 Å². The molecule has 3 aromatic rings. The number of benzene rings is 2. The van der Waals surface area contributed by atoms with Crippen LogP contribution < -0.4 is 0 Å². The number of allylic oxidation sites excluding steroid dienone is 1. The van der Waals surface area contributed by atoms with Crippen molar-refractivity contribution < 1.29 is 0 Å². The number of fused-ring (bicyclic) bond motifs is 2. The van der Waals surface area contributed by atoms with Crippen LogP contribution in [0.15, 0.2) is 48.5 Å². The molecule has 92 valence electrons. The van der Waals surface area contributed by atoms with E-state index in [-0.39, 0.29) is 0 Å². The first-order valence-electron chi connectivity index (χ1n) is 6.37. The van der Waals surface area contributed by atoms with E-state index >= 15 is 0 Å². The summed E-state index contributed by atoms with van der Waals surface area (Å²) < 4.78 is 0. The average molecular weight is 266 g/mol. The minimum atomic E-state index is 0.768. The predicted octanol–water partition coefficient (Wildman–Crippen LogP) is 4.92. The van der Waals surface area contributed by atoms with E-state index < -0.39 is 0 Å². The molecule has 2 aromatic carbocycles. The van der Waals surface area contributed by atoms with Gasteiger partial charge in [-0.05, 0) is 41.0 Å². The molecule has 1 aliphatic rings. The molecule has 0 unspecified atom stereocenters. The third-order valence-corrected chi connectivity index (χ3v) is 3.93. The third kappa shape index (κ3) is 1.78. The van der Waals surface area contributed by atoms with Crippen LogP contribution >= 0.6 is 11.6 Å². The lowest BCUT2D eigenvalue weighted by molar-refractivity contribution is 1.28. The lowest BCUT2D eigenvalue weighted by atomic mass is 10.1. The number of halogens is 1. The third-order valence-electron chi connectivity index (χ3n) is 3.70. The van der Waals surface area contributed by atoms with Crippen LogP contribution in [0.4, 0.5) is 0 Å². The number of hydrogen-bond donors (Lipinski definition) is 1. The van der Waals surface area contributed by atoms with E-state index in [9.17, 15) is 0 Å². The number of aromatic nitrogens is 1. The molecule has 1 nitrogen and oxygen atoms in total. The molecule has 0 atom stereocenters. The normalized spacial score (nSPS) is 13.6. The van der Waals surface area contributed by atoms with E-state index in [4.69, 9.17) is 11.6 Å². The minimum Gasteiger partial charge on any atom is -0.355 e. The first-order valence-corrected chi connectivity index (χ1v) is 6.74. The van der Waals surface area contributed by atoms with Gasteiger partial charge in [-0.3, -0.25) is 0 Å². The Morgan fingerprint density at radius 3 is 2.79 bits per heavy atom. The van der Waals surface area contributed by atoms with Crippen molar-refractivity contribution in [3.05, 3.63) is 70.4 Å². The van der Waals surface area contributed by atoms with Crippen molar-refractivity contribution >= 4 is 34.2 Å². The second-order valence-corrected chi connectivity index (χ2v) is 5.40. The molecule has 19 heavy (non-hydrogen) atoms. The second kappa shape index (κ2) is 4.01. The highest BCUT2D eigenvalue weighted by Crippen LogP contribution is 2.32. The van der Waals surface area contributed by atoms with E-state index in [1.54, 1.807) is 0 Å². The molecule has 1 N–H and O–H groups in total. The van der Waals surface area contributed by atoms with Crippen LogP contribution in [0.5, 0.6) is 0 Å². The maximum atomic E-state index is 6.03. The van der Waals surface area contributed by atoms with Gasteiger partial charge in [-0.25, -0.2) is 0 Å². The van der Waals surface area contributed by atoms with Gasteiger partial charge in [0.15, 0.2) is 0 Å². The molecular weight excluding hydrogens is 254 g/mol. The van der Waals surface area contributed by atoms with Crippen molar-refractivity contribution in [2.45, 2.75) is 6.42 Å². The summed E-state index contributed by atoms with van der Waals surface area (Å²) in [6, 6.07) is 16.7. The minimum absolute atomic E-state index is 0.768. The van der Waals surface area contributed by atoms with E-state index in [0.717, 1.165) is 17.0 Å². The zero-order valence-electron chi connectivity index (χ0n) is 10.3. The van der Waals surface area contributed by atoms with Crippen LogP contribution in [-0.2, 0) is 6.42 Å². The van der Waals surface area contributed by atoms with Crippen molar-refractivity contribution in [3.8, 4) is 0 Å². The average Bonchev–Trinajstić information content (AvgIpc) is 3.00. The smallest absolute Gasteiger partial charge is 0.0473 e. The molecule has 0 amide bonds. The summed E-state index contributed by atoms with van der Waals surface area (Å²) in [5.41, 5.74) is 6.35. The maximum absolute atomic E-state index is 6.03. The van der Waals surface area contributed by atoms with Crippen LogP contribution in [-0.4, -0.2) is 4.98 Å². The Balaban J connectivity index is 1.81. The van der Waals surface area contributed by atoms with Crippen LogP contribution in [0.25, 0.3) is 22.6 Å². The quantitative estimate of drug-likeness (QED) is 0.643. The van der Waals surface area contributed by atoms with Gasteiger partial charge in [-0.2, -0.15) is 0 Å². The van der Waals surface area contributed by atoms with E-state index in [2.05, 4.69) is 47.5 Å². The lowest BCUT2D eigenvalue weighted by Gasteiger charge is -1.98. The van der Waals surface area contributed by atoms with E-state index in [1.807, 2.05) is 12.1 Å². The summed E-state index contributed by atoms with van der Waals surface area (Å²) in [6.45, 7) is 0. The Bertz CT molecular complexity index is 811. The molecule has 0 saturated heterocycles. The molecule has 0 fully saturated rings. The fourth-order valence-corrected chi connectivity index (χ4v) is 2.90. The highest BCUT2D eigenvalue weighted by atomic mass is 35.5. The summed E-state index contributed by atoms with van der Waals surface area (Å²) in [5, 5.41) is 1.97. The number of hydrogen-bond acceptors (Lipinski definition) is 0. The monoisotopic (exact) mass is 265 g/mol. The van der Waals surface area contributed by atoms with Crippen LogP contribution in [0.2, 0.25) is 5.02 Å². The molecular formula is C17H12ClN. The van der Waals surface area contributed by atoms with Crippen molar-refractivity contribution in [1.82, 2.24) is 4.98 Å². The van der Waals surface area contributed by atoms with Crippen molar-refractivity contribution in [1.29, 1.82) is 0 Å². The van der Waals surface area contributed by atoms with Crippen LogP contribution in [0, 0.1) is 0 Å². The summed E-state index contributed by atoms with van der Waals surface area (Å²) in [4.78, 5) is 3.46. The number of rotatable bonds is 1. The van der Waals surface area contributed by atoms with Gasteiger partial charge in [0.2, 0.25) is 0 Å². The molecule has 0 aliphatic heterocycles. The van der Waals surface area contributed by atoms with Gasteiger partial charge < -0.3 is 4.98 Å². The molecule has 0 spiro atoms. The zero-order valence-corrected chi connectivity index (χ0v) is 11.0. The Hall–Kier alpha value is -1.99. The Kier molecular flexibility index (Phi) is 2.30. The van der Waals surface area contributed by atoms with Gasteiger partial charge in [0.05, 0.1) is 0 Å². The first kappa shape index (κ1) is 10.9. The van der Waals surface area contributed by atoms with Crippen molar-refractivity contribution in [2.24, 2.45) is 0 Å². The molecule has 1 aromatic heterocycles. The number of aromatic amines is 1. The SMILES string of the molecule is Clc1ccc2cc(C3=Cc4ccccc4C3)[nH]c2c1. The maximum Gasteiger partial charge on any atom is 0.0473 e. The van der Waals surface area contributed by atoms with Gasteiger partial charge in [0, 0.05) is 28.0 Å².